The highest BCUT2D eigenvalue weighted by Crippen LogP contribution is 2.40. The van der Waals surface area contributed by atoms with Gasteiger partial charge in [-0.1, -0.05) is 0 Å². The van der Waals surface area contributed by atoms with Crippen molar-refractivity contribution in [2.24, 2.45) is 5.41 Å². The van der Waals surface area contributed by atoms with Gasteiger partial charge in [-0.3, -0.25) is 4.68 Å². The van der Waals surface area contributed by atoms with Crippen molar-refractivity contribution in [2.75, 3.05) is 25.4 Å². The number of nitrogens with zero attached hydrogens (tertiary/aromatic N) is 3. The van der Waals surface area contributed by atoms with Crippen LogP contribution in [0.15, 0.2) is 12.3 Å². The first kappa shape index (κ1) is 9.21. The summed E-state index contributed by atoms with van der Waals surface area (Å²) in [5, 5.41) is 4.29. The van der Waals surface area contributed by atoms with Crippen molar-refractivity contribution in [1.82, 2.24) is 14.7 Å². The molecule has 2 aliphatic heterocycles. The number of hydrogen-bond acceptors (Lipinski definition) is 3. The lowest BCUT2D eigenvalue weighted by atomic mass is 9.81. The Hall–Kier alpha value is -1.03. The number of rotatable bonds is 2. The van der Waals surface area contributed by atoms with Crippen molar-refractivity contribution in [3.8, 4) is 0 Å². The van der Waals surface area contributed by atoms with Crippen molar-refractivity contribution < 1.29 is 0 Å². The molecule has 2 bridgehead atoms. The molecule has 2 unspecified atom stereocenters. The number of anilines is 1. The maximum atomic E-state index is 5.64. The molecule has 4 heteroatoms. The molecule has 0 spiro atoms. The summed E-state index contributed by atoms with van der Waals surface area (Å²) in [6, 6.07) is 1.88. The van der Waals surface area contributed by atoms with Crippen LogP contribution in [0, 0.1) is 5.41 Å². The van der Waals surface area contributed by atoms with E-state index in [0.29, 0.717) is 11.2 Å². The number of piperidine rings is 1. The number of nitrogens with two attached hydrogens (primary N) is 1. The van der Waals surface area contributed by atoms with Gasteiger partial charge < -0.3 is 10.6 Å². The minimum Gasteiger partial charge on any atom is -0.382 e. The smallest absolute Gasteiger partial charge is 0.145 e. The first-order valence-electron chi connectivity index (χ1n) is 5.77. The molecular formula is C11H18N4. The topological polar surface area (TPSA) is 47.1 Å². The molecule has 2 atom stereocenters. The van der Waals surface area contributed by atoms with Crippen LogP contribution in [-0.2, 0) is 6.54 Å². The maximum Gasteiger partial charge on any atom is 0.145 e. The quantitative estimate of drug-likeness (QED) is 0.783. The third kappa shape index (κ3) is 1.63. The second-order valence-corrected chi connectivity index (χ2v) is 5.07. The SMILES string of the molecule is Nc1ccn(CC23CCCN(CC2)C3)n1. The summed E-state index contributed by atoms with van der Waals surface area (Å²) >= 11 is 0. The fourth-order valence-corrected chi connectivity index (χ4v) is 3.12. The second kappa shape index (κ2) is 3.23. The van der Waals surface area contributed by atoms with E-state index >= 15 is 0 Å². The Morgan fingerprint density at radius 2 is 2.33 bits per heavy atom. The fraction of sp³-hybridized carbons (Fsp3) is 0.727. The van der Waals surface area contributed by atoms with Crippen LogP contribution < -0.4 is 5.73 Å². The normalized spacial score (nSPS) is 34.5. The predicted octanol–water partition coefficient (Wildman–Crippen LogP) is 0.951. The summed E-state index contributed by atoms with van der Waals surface area (Å²) in [5.74, 6) is 0.636. The third-order valence-electron chi connectivity index (χ3n) is 3.86. The van der Waals surface area contributed by atoms with Gasteiger partial charge in [0, 0.05) is 24.7 Å². The van der Waals surface area contributed by atoms with Gasteiger partial charge in [0.05, 0.1) is 0 Å². The summed E-state index contributed by atoms with van der Waals surface area (Å²) in [6.45, 7) is 4.87. The van der Waals surface area contributed by atoms with Crippen LogP contribution in [0.3, 0.4) is 0 Å². The monoisotopic (exact) mass is 206 g/mol. The minimum absolute atomic E-state index is 0.483. The number of fused-ring (bicyclic) bond motifs is 2. The van der Waals surface area contributed by atoms with Crippen molar-refractivity contribution >= 4 is 5.82 Å². The summed E-state index contributed by atoms with van der Waals surface area (Å²) in [5.41, 5.74) is 6.12. The van der Waals surface area contributed by atoms with Crippen LogP contribution in [-0.4, -0.2) is 34.3 Å². The number of nitrogen functional groups attached to an aromatic ring is 1. The molecular weight excluding hydrogens is 188 g/mol. The predicted molar refractivity (Wildman–Crippen MR) is 59.4 cm³/mol. The van der Waals surface area contributed by atoms with Gasteiger partial charge in [0.1, 0.15) is 5.82 Å². The minimum atomic E-state index is 0.483. The van der Waals surface area contributed by atoms with Gasteiger partial charge in [-0.05, 0) is 38.4 Å². The lowest BCUT2D eigenvalue weighted by molar-refractivity contribution is 0.154. The average Bonchev–Trinajstić information content (AvgIpc) is 2.73. The number of hydrogen-bond donors (Lipinski definition) is 1. The van der Waals surface area contributed by atoms with E-state index in [1.54, 1.807) is 0 Å². The number of aromatic nitrogens is 2. The van der Waals surface area contributed by atoms with E-state index in [1.807, 2.05) is 16.9 Å². The molecule has 2 aliphatic rings. The van der Waals surface area contributed by atoms with Crippen LogP contribution in [0.5, 0.6) is 0 Å². The molecule has 0 radical (unpaired) electrons. The largest absolute Gasteiger partial charge is 0.382 e. The van der Waals surface area contributed by atoms with Gasteiger partial charge in [-0.15, -0.1) is 0 Å². The van der Waals surface area contributed by atoms with E-state index in [9.17, 15) is 0 Å². The average molecular weight is 206 g/mol. The maximum absolute atomic E-state index is 5.64. The Labute approximate surface area is 90.0 Å². The molecule has 1 aromatic rings. The van der Waals surface area contributed by atoms with Gasteiger partial charge >= 0.3 is 0 Å². The van der Waals surface area contributed by atoms with Crippen molar-refractivity contribution in [1.29, 1.82) is 0 Å². The van der Waals surface area contributed by atoms with Crippen molar-refractivity contribution in [2.45, 2.75) is 25.8 Å². The molecule has 0 amide bonds. The molecule has 2 saturated heterocycles. The molecule has 3 rings (SSSR count). The highest BCUT2D eigenvalue weighted by molar-refractivity contribution is 5.23. The van der Waals surface area contributed by atoms with Crippen LogP contribution in [0.4, 0.5) is 5.82 Å². The van der Waals surface area contributed by atoms with Crippen molar-refractivity contribution in [3.05, 3.63) is 12.3 Å². The molecule has 3 heterocycles. The van der Waals surface area contributed by atoms with Gasteiger partial charge in [0.25, 0.3) is 0 Å². The van der Waals surface area contributed by atoms with E-state index in [0.717, 1.165) is 6.54 Å². The summed E-state index contributed by atoms with van der Waals surface area (Å²) in [7, 11) is 0. The van der Waals surface area contributed by atoms with Gasteiger partial charge in [0.2, 0.25) is 0 Å². The molecule has 15 heavy (non-hydrogen) atoms. The van der Waals surface area contributed by atoms with E-state index < -0.39 is 0 Å². The molecule has 0 aromatic carbocycles. The zero-order valence-electron chi connectivity index (χ0n) is 9.02. The molecule has 0 aliphatic carbocycles. The zero-order chi connectivity index (χ0) is 10.3. The van der Waals surface area contributed by atoms with Crippen LogP contribution >= 0.6 is 0 Å². The molecule has 1 aromatic heterocycles. The first-order chi connectivity index (χ1) is 7.26. The Morgan fingerprint density at radius 3 is 3.13 bits per heavy atom. The molecule has 2 fully saturated rings. The highest BCUT2D eigenvalue weighted by Gasteiger charge is 2.41. The Bertz CT molecular complexity index is 355. The van der Waals surface area contributed by atoms with Crippen LogP contribution in [0.1, 0.15) is 19.3 Å². The van der Waals surface area contributed by atoms with E-state index in [-0.39, 0.29) is 0 Å². The molecule has 4 nitrogen and oxygen atoms in total. The van der Waals surface area contributed by atoms with Gasteiger partial charge in [-0.25, -0.2) is 0 Å². The lowest BCUT2D eigenvalue weighted by Gasteiger charge is -2.33. The lowest BCUT2D eigenvalue weighted by Crippen LogP contribution is -2.36. The summed E-state index contributed by atoms with van der Waals surface area (Å²) in [4.78, 5) is 2.58. The van der Waals surface area contributed by atoms with Crippen molar-refractivity contribution in [3.63, 3.8) is 0 Å². The van der Waals surface area contributed by atoms with Crippen LogP contribution in [0.25, 0.3) is 0 Å². The van der Waals surface area contributed by atoms with E-state index in [4.69, 9.17) is 5.73 Å². The molecule has 0 saturated carbocycles. The molecule has 82 valence electrons. The third-order valence-corrected chi connectivity index (χ3v) is 3.86. The van der Waals surface area contributed by atoms with E-state index in [2.05, 4.69) is 10.00 Å². The van der Waals surface area contributed by atoms with E-state index in [1.165, 1.54) is 38.9 Å². The standard InChI is InChI=1S/C11H18N4/c12-10-2-6-15(13-10)9-11-3-1-5-14(8-11)7-4-11/h2,6H,1,3-5,7-9H2,(H2,12,13). The summed E-state index contributed by atoms with van der Waals surface area (Å²) < 4.78 is 2.02. The Morgan fingerprint density at radius 1 is 1.40 bits per heavy atom. The molecule has 2 N–H and O–H groups in total. The zero-order valence-corrected chi connectivity index (χ0v) is 9.02. The Balaban J connectivity index is 1.77. The fourth-order valence-electron chi connectivity index (χ4n) is 3.12. The summed E-state index contributed by atoms with van der Waals surface area (Å²) in [6.07, 6.45) is 6.02. The Kier molecular flexibility index (Phi) is 1.99. The highest BCUT2D eigenvalue weighted by atomic mass is 15.3. The first-order valence-corrected chi connectivity index (χ1v) is 5.77. The van der Waals surface area contributed by atoms with Gasteiger partial charge in [-0.2, -0.15) is 5.10 Å². The van der Waals surface area contributed by atoms with Gasteiger partial charge in [0.15, 0.2) is 0 Å². The second-order valence-electron chi connectivity index (χ2n) is 5.07. The van der Waals surface area contributed by atoms with Crippen LogP contribution in [0.2, 0.25) is 0 Å².